The molecule has 5 nitrogen and oxygen atoms in total. The first-order valence-electron chi connectivity index (χ1n) is 6.90. The van der Waals surface area contributed by atoms with Crippen molar-refractivity contribution in [1.82, 2.24) is 10.6 Å². The van der Waals surface area contributed by atoms with E-state index in [-0.39, 0.29) is 6.61 Å². The number of carbonyl (C=O) groups excluding carboxylic acids is 1. The number of hydrogen-bond donors (Lipinski definition) is 3. The van der Waals surface area contributed by atoms with Gasteiger partial charge < -0.3 is 20.5 Å². The summed E-state index contributed by atoms with van der Waals surface area (Å²) in [6.45, 7) is 1.34. The first-order chi connectivity index (χ1) is 11.1. The zero-order valence-electron chi connectivity index (χ0n) is 12.4. The van der Waals surface area contributed by atoms with Gasteiger partial charge in [-0.1, -0.05) is 28.1 Å². The van der Waals surface area contributed by atoms with Crippen molar-refractivity contribution in [3.8, 4) is 0 Å². The molecule has 0 radical (unpaired) electrons. The second-order valence-electron chi connectivity index (χ2n) is 5.12. The van der Waals surface area contributed by atoms with E-state index in [9.17, 15) is 23.1 Å². The van der Waals surface area contributed by atoms with Crippen molar-refractivity contribution in [3.05, 3.63) is 34.3 Å². The lowest BCUT2D eigenvalue weighted by Gasteiger charge is -2.45. The Bertz CT molecular complexity index is 641. The summed E-state index contributed by atoms with van der Waals surface area (Å²) in [7, 11) is 0. The molecule has 0 saturated carbocycles. The fraction of sp³-hybridized carbons (Fsp3) is 0.429. The molecule has 1 aliphatic rings. The third kappa shape index (κ3) is 3.50. The van der Waals surface area contributed by atoms with E-state index in [1.165, 1.54) is 19.1 Å². The van der Waals surface area contributed by atoms with Crippen LogP contribution in [0.4, 0.5) is 13.2 Å². The van der Waals surface area contributed by atoms with Crippen LogP contribution in [0.5, 0.6) is 0 Å². The Balaban J connectivity index is 2.55. The van der Waals surface area contributed by atoms with Crippen LogP contribution in [0, 0.1) is 5.92 Å². The topological polar surface area (TPSA) is 70.6 Å². The Morgan fingerprint density at radius 1 is 1.42 bits per heavy atom. The molecule has 10 heteroatoms. The average molecular weight is 427 g/mol. The van der Waals surface area contributed by atoms with Crippen molar-refractivity contribution in [1.29, 1.82) is 0 Å². The lowest BCUT2D eigenvalue weighted by molar-refractivity contribution is -0.292. The van der Waals surface area contributed by atoms with Crippen LogP contribution in [0.1, 0.15) is 18.5 Å². The monoisotopic (exact) mass is 426 g/mol. The third-order valence-corrected chi connectivity index (χ3v) is 4.32. The lowest BCUT2D eigenvalue weighted by Crippen LogP contribution is -2.73. The molecule has 1 aromatic rings. The Morgan fingerprint density at radius 2 is 2.00 bits per heavy atom. The van der Waals surface area contributed by atoms with Gasteiger partial charge in [0.1, 0.15) is 5.92 Å². The summed E-state index contributed by atoms with van der Waals surface area (Å²) in [4.78, 5) is 12.2. The highest BCUT2D eigenvalue weighted by Crippen LogP contribution is 2.43. The van der Waals surface area contributed by atoms with E-state index in [4.69, 9.17) is 17.0 Å². The van der Waals surface area contributed by atoms with Gasteiger partial charge in [-0.25, -0.2) is 0 Å². The molecule has 2 rings (SSSR count). The van der Waals surface area contributed by atoms with Crippen LogP contribution in [0.3, 0.4) is 0 Å². The summed E-state index contributed by atoms with van der Waals surface area (Å²) < 4.78 is 45.9. The summed E-state index contributed by atoms with van der Waals surface area (Å²) in [5.74, 6) is -3.17. The maximum absolute atomic E-state index is 13.5. The molecule has 0 aromatic heterocycles. The predicted molar refractivity (Wildman–Crippen MR) is 86.9 cm³/mol. The number of nitrogens with one attached hydrogen (secondary N) is 2. The van der Waals surface area contributed by atoms with Gasteiger partial charge in [0.25, 0.3) is 5.72 Å². The van der Waals surface area contributed by atoms with Gasteiger partial charge in [0, 0.05) is 4.47 Å². The van der Waals surface area contributed by atoms with Gasteiger partial charge in [-0.3, -0.25) is 4.79 Å². The van der Waals surface area contributed by atoms with Crippen molar-refractivity contribution < 1.29 is 27.8 Å². The van der Waals surface area contributed by atoms with E-state index in [0.717, 1.165) is 0 Å². The molecule has 132 valence electrons. The number of benzene rings is 1. The first-order valence-corrected chi connectivity index (χ1v) is 8.10. The molecular formula is C14H14BrF3N2O3S. The molecule has 0 aliphatic carbocycles. The SMILES string of the molecule is CCOC(=O)[C@H]1[C@H](c2ccc(Br)cc2)NC(=S)N[C@]1(O)C(F)(F)F. The minimum absolute atomic E-state index is 0.124. The minimum Gasteiger partial charge on any atom is -0.466 e. The number of alkyl halides is 3. The van der Waals surface area contributed by atoms with Crippen LogP contribution < -0.4 is 10.6 Å². The Morgan fingerprint density at radius 3 is 2.50 bits per heavy atom. The van der Waals surface area contributed by atoms with Crippen LogP contribution in [0.15, 0.2) is 28.7 Å². The molecule has 3 atom stereocenters. The number of aliphatic hydroxyl groups is 1. The molecule has 1 fully saturated rings. The maximum atomic E-state index is 13.5. The van der Waals surface area contributed by atoms with Crippen molar-refractivity contribution in [2.24, 2.45) is 5.92 Å². The highest BCUT2D eigenvalue weighted by molar-refractivity contribution is 9.10. The molecular weight excluding hydrogens is 413 g/mol. The van der Waals surface area contributed by atoms with Gasteiger partial charge in [-0.05, 0) is 36.8 Å². The van der Waals surface area contributed by atoms with Gasteiger partial charge >= 0.3 is 12.1 Å². The molecule has 1 saturated heterocycles. The smallest absolute Gasteiger partial charge is 0.437 e. The third-order valence-electron chi connectivity index (χ3n) is 3.58. The van der Waals surface area contributed by atoms with Gasteiger partial charge in [-0.2, -0.15) is 13.2 Å². The molecule has 24 heavy (non-hydrogen) atoms. The first kappa shape index (κ1) is 18.9. The molecule has 1 aliphatic heterocycles. The quantitative estimate of drug-likeness (QED) is 0.509. The van der Waals surface area contributed by atoms with Gasteiger partial charge in [0.2, 0.25) is 0 Å². The zero-order valence-corrected chi connectivity index (χ0v) is 14.8. The van der Waals surface area contributed by atoms with E-state index >= 15 is 0 Å². The summed E-state index contributed by atoms with van der Waals surface area (Å²) in [6, 6.07) is 5.06. The minimum atomic E-state index is -5.15. The van der Waals surface area contributed by atoms with E-state index in [1.807, 2.05) is 0 Å². The molecule has 0 spiro atoms. The van der Waals surface area contributed by atoms with E-state index in [1.54, 1.807) is 17.4 Å². The molecule has 0 bridgehead atoms. The second kappa shape index (κ2) is 6.85. The van der Waals surface area contributed by atoms with Gasteiger partial charge in [0.05, 0.1) is 12.6 Å². The summed E-state index contributed by atoms with van der Waals surface area (Å²) in [6.07, 6.45) is -5.15. The molecule has 0 amide bonds. The summed E-state index contributed by atoms with van der Waals surface area (Å²) in [5, 5.41) is 14.2. The van der Waals surface area contributed by atoms with Crippen LogP contribution in [0.2, 0.25) is 0 Å². The van der Waals surface area contributed by atoms with E-state index in [2.05, 4.69) is 21.2 Å². The van der Waals surface area contributed by atoms with Gasteiger partial charge in [0.15, 0.2) is 5.11 Å². The van der Waals surface area contributed by atoms with Crippen molar-refractivity contribution in [2.45, 2.75) is 24.9 Å². The number of halogens is 4. The van der Waals surface area contributed by atoms with Crippen molar-refractivity contribution in [2.75, 3.05) is 6.61 Å². The van der Waals surface area contributed by atoms with E-state index in [0.29, 0.717) is 10.0 Å². The average Bonchev–Trinajstić information content (AvgIpc) is 2.46. The molecule has 0 unspecified atom stereocenters. The highest BCUT2D eigenvalue weighted by Gasteiger charge is 2.66. The Kier molecular flexibility index (Phi) is 5.41. The number of esters is 1. The number of hydrogen-bond acceptors (Lipinski definition) is 4. The zero-order chi connectivity index (χ0) is 18.1. The Hall–Kier alpha value is -1.39. The highest BCUT2D eigenvalue weighted by atomic mass is 79.9. The number of thiocarbonyl (C=S) groups is 1. The number of rotatable bonds is 3. The normalized spacial score (nSPS) is 27.2. The van der Waals surface area contributed by atoms with Crippen LogP contribution >= 0.6 is 28.1 Å². The lowest BCUT2D eigenvalue weighted by atomic mass is 9.82. The largest absolute Gasteiger partial charge is 0.466 e. The Labute approximate surface area is 149 Å². The van der Waals surface area contributed by atoms with Gasteiger partial charge in [-0.15, -0.1) is 0 Å². The molecule has 3 N–H and O–H groups in total. The molecule has 1 heterocycles. The number of carbonyl (C=O) groups is 1. The predicted octanol–water partition coefficient (Wildman–Crippen LogP) is 2.40. The van der Waals surface area contributed by atoms with Crippen LogP contribution in [-0.2, 0) is 9.53 Å². The summed E-state index contributed by atoms with van der Waals surface area (Å²) >= 11 is 8.01. The fourth-order valence-electron chi connectivity index (χ4n) is 2.48. The molecule has 1 aromatic carbocycles. The fourth-order valence-corrected chi connectivity index (χ4v) is 3.03. The van der Waals surface area contributed by atoms with Crippen molar-refractivity contribution >= 4 is 39.2 Å². The summed E-state index contributed by atoms with van der Waals surface area (Å²) in [5.41, 5.74) is -3.19. The number of ether oxygens (including phenoxy) is 1. The standard InChI is InChI=1S/C14H14BrF3N2O3S/c1-2-23-11(21)9-10(7-3-5-8(15)6-4-7)19-12(24)20-13(9,22)14(16,17)18/h3-6,9-10,22H,2H2,1H3,(H2,19,20,24)/t9-,10+,13-/m1/s1. The second-order valence-corrected chi connectivity index (χ2v) is 6.45. The van der Waals surface area contributed by atoms with Crippen molar-refractivity contribution in [3.63, 3.8) is 0 Å². The van der Waals surface area contributed by atoms with Crippen LogP contribution in [0.25, 0.3) is 0 Å². The van der Waals surface area contributed by atoms with Crippen LogP contribution in [-0.4, -0.2) is 34.7 Å². The van der Waals surface area contributed by atoms with E-state index < -0.39 is 34.9 Å². The maximum Gasteiger partial charge on any atom is 0.437 e.